The molecule has 0 amide bonds. The van der Waals surface area contributed by atoms with Crippen LogP contribution in [0.5, 0.6) is 17.2 Å². The molecule has 3 aromatic rings. The molecule has 3 rings (SSSR count). The van der Waals surface area contributed by atoms with E-state index in [-0.39, 0.29) is 0 Å². The van der Waals surface area contributed by atoms with Gasteiger partial charge in [-0.2, -0.15) is 0 Å². The Morgan fingerprint density at radius 1 is 0.710 bits per heavy atom. The molecule has 0 bridgehead atoms. The molecule has 0 aliphatic heterocycles. The van der Waals surface area contributed by atoms with Crippen molar-refractivity contribution < 1.29 is 19.3 Å². The summed E-state index contributed by atoms with van der Waals surface area (Å²) in [6.45, 7) is 1.45. The van der Waals surface area contributed by atoms with Gasteiger partial charge in [-0.15, -0.1) is 0 Å². The van der Waals surface area contributed by atoms with Crippen LogP contribution in [0.2, 0.25) is 0 Å². The number of nitrogens with zero attached hydrogens (tertiary/aromatic N) is 1. The molecule has 3 aromatic carbocycles. The van der Waals surface area contributed by atoms with Crippen LogP contribution in [0, 0.1) is 0 Å². The van der Waals surface area contributed by atoms with Gasteiger partial charge in [0.05, 0.1) is 14.2 Å². The van der Waals surface area contributed by atoms with Gasteiger partial charge in [0, 0.05) is 13.0 Å². The first-order valence-electron chi connectivity index (χ1n) is 10.3. The maximum absolute atomic E-state index is 11.9. The van der Waals surface area contributed by atoms with Crippen molar-refractivity contribution in [3.05, 3.63) is 89.5 Å². The Labute approximate surface area is 184 Å². The zero-order valence-corrected chi connectivity index (χ0v) is 18.7. The zero-order chi connectivity index (χ0) is 22.3. The summed E-state index contributed by atoms with van der Waals surface area (Å²) in [5.41, 5.74) is 1.40. The van der Waals surface area contributed by atoms with E-state index in [1.807, 2.05) is 86.9 Å². The number of methoxy groups -OCH3 is 2. The molecule has 0 radical (unpaired) electrons. The van der Waals surface area contributed by atoms with Crippen molar-refractivity contribution in [3.63, 3.8) is 0 Å². The van der Waals surface area contributed by atoms with Crippen molar-refractivity contribution in [1.82, 2.24) is 4.90 Å². The number of likely N-dealkylation sites (N-methyl/N-ethyl adjacent to an activating group) is 1. The maximum atomic E-state index is 11.9. The summed E-state index contributed by atoms with van der Waals surface area (Å²) < 4.78 is 16.4. The fourth-order valence-corrected chi connectivity index (χ4v) is 3.45. The highest BCUT2D eigenvalue weighted by molar-refractivity contribution is 5.43. The van der Waals surface area contributed by atoms with Crippen molar-refractivity contribution in [1.29, 1.82) is 0 Å². The summed E-state index contributed by atoms with van der Waals surface area (Å²) >= 11 is 0. The zero-order valence-electron chi connectivity index (χ0n) is 18.7. The molecule has 1 N–H and O–H groups in total. The molecular formula is C26H31NO4. The Kier molecular flexibility index (Phi) is 7.55. The third kappa shape index (κ3) is 5.78. The molecule has 0 fully saturated rings. The molecule has 1 atom stereocenters. The number of hydrogen-bond acceptors (Lipinski definition) is 5. The molecule has 164 valence electrons. The largest absolute Gasteiger partial charge is 0.497 e. The lowest BCUT2D eigenvalue weighted by Crippen LogP contribution is -2.30. The van der Waals surface area contributed by atoms with Crippen molar-refractivity contribution in [2.75, 3.05) is 41.5 Å². The first-order chi connectivity index (χ1) is 14.9. The molecule has 0 saturated carbocycles. The van der Waals surface area contributed by atoms with Crippen molar-refractivity contribution in [2.24, 2.45) is 0 Å². The average Bonchev–Trinajstić information content (AvgIpc) is 2.80. The second kappa shape index (κ2) is 10.3. The predicted molar refractivity (Wildman–Crippen MR) is 123 cm³/mol. The molecule has 0 heterocycles. The van der Waals surface area contributed by atoms with Gasteiger partial charge in [0.25, 0.3) is 0 Å². The highest BCUT2D eigenvalue weighted by Crippen LogP contribution is 2.35. The summed E-state index contributed by atoms with van der Waals surface area (Å²) in [6, 6.07) is 23.0. The molecule has 0 saturated heterocycles. The summed E-state index contributed by atoms with van der Waals surface area (Å²) in [7, 11) is 7.31. The van der Waals surface area contributed by atoms with E-state index in [0.29, 0.717) is 13.0 Å². The molecule has 1 unspecified atom stereocenters. The van der Waals surface area contributed by atoms with Crippen molar-refractivity contribution in [3.8, 4) is 17.2 Å². The minimum Gasteiger partial charge on any atom is -0.497 e. The van der Waals surface area contributed by atoms with E-state index >= 15 is 0 Å². The molecule has 0 aliphatic carbocycles. The fraction of sp³-hybridized carbons (Fsp3) is 0.308. The normalized spacial score (nSPS) is 13.0. The van der Waals surface area contributed by atoms with Gasteiger partial charge >= 0.3 is 0 Å². The third-order valence-corrected chi connectivity index (χ3v) is 5.33. The second-order valence-corrected chi connectivity index (χ2v) is 7.79. The van der Waals surface area contributed by atoms with E-state index in [4.69, 9.17) is 14.2 Å². The summed E-state index contributed by atoms with van der Waals surface area (Å²) in [5, 5.41) is 11.9. The van der Waals surface area contributed by atoms with Gasteiger partial charge in [0.2, 0.25) is 0 Å². The third-order valence-electron chi connectivity index (χ3n) is 5.33. The molecule has 31 heavy (non-hydrogen) atoms. The monoisotopic (exact) mass is 421 g/mol. The van der Waals surface area contributed by atoms with Gasteiger partial charge in [-0.05, 0) is 67.2 Å². The van der Waals surface area contributed by atoms with E-state index < -0.39 is 5.60 Å². The van der Waals surface area contributed by atoms with Crippen LogP contribution in [-0.2, 0) is 12.0 Å². The molecule has 5 nitrogen and oxygen atoms in total. The van der Waals surface area contributed by atoms with Gasteiger partial charge in [0.1, 0.15) is 29.5 Å². The fourth-order valence-electron chi connectivity index (χ4n) is 3.45. The number of rotatable bonds is 10. The van der Waals surface area contributed by atoms with E-state index in [9.17, 15) is 5.11 Å². The number of ether oxygens (including phenoxy) is 3. The van der Waals surface area contributed by atoms with Gasteiger partial charge in [-0.3, -0.25) is 0 Å². The highest BCUT2D eigenvalue weighted by Gasteiger charge is 2.32. The Morgan fingerprint density at radius 2 is 1.16 bits per heavy atom. The number of aliphatic hydroxyl groups is 1. The molecule has 0 aliphatic rings. The first kappa shape index (κ1) is 22.7. The lowest BCUT2D eigenvalue weighted by atomic mass is 9.81. The lowest BCUT2D eigenvalue weighted by Gasteiger charge is -2.30. The Morgan fingerprint density at radius 3 is 1.61 bits per heavy atom. The number of benzene rings is 3. The summed E-state index contributed by atoms with van der Waals surface area (Å²) in [4.78, 5) is 2.08. The molecular weight excluding hydrogens is 390 g/mol. The van der Waals surface area contributed by atoms with Crippen LogP contribution in [0.1, 0.15) is 16.7 Å². The van der Waals surface area contributed by atoms with Crippen molar-refractivity contribution >= 4 is 0 Å². The van der Waals surface area contributed by atoms with Gasteiger partial charge in [-0.25, -0.2) is 0 Å². The van der Waals surface area contributed by atoms with Gasteiger partial charge in [-0.1, -0.05) is 36.4 Å². The predicted octanol–water partition coefficient (Wildman–Crippen LogP) is 4.12. The molecule has 0 aromatic heterocycles. The second-order valence-electron chi connectivity index (χ2n) is 7.79. The van der Waals surface area contributed by atoms with E-state index in [1.165, 1.54) is 0 Å². The smallest absolute Gasteiger partial charge is 0.119 e. The van der Waals surface area contributed by atoms with Gasteiger partial charge in [0.15, 0.2) is 0 Å². The first-order valence-corrected chi connectivity index (χ1v) is 10.3. The Balaban J connectivity index is 1.90. The standard InChI is InChI=1S/C26H31NO4/c1-27(2)17-18-31-25-15-9-22(10-16-25)26(28,21-7-13-24(30-4)14-8-21)19-20-5-11-23(29-3)12-6-20/h5-16,28H,17-19H2,1-4H3. The van der Waals surface area contributed by atoms with Crippen molar-refractivity contribution in [2.45, 2.75) is 12.0 Å². The van der Waals surface area contributed by atoms with Crippen LogP contribution >= 0.6 is 0 Å². The lowest BCUT2D eigenvalue weighted by molar-refractivity contribution is 0.0810. The van der Waals surface area contributed by atoms with Crippen LogP contribution in [0.4, 0.5) is 0 Å². The van der Waals surface area contributed by atoms with Gasteiger partial charge < -0.3 is 24.2 Å². The van der Waals surface area contributed by atoms with Crippen LogP contribution in [0.25, 0.3) is 0 Å². The Bertz CT molecular complexity index is 937. The summed E-state index contributed by atoms with van der Waals surface area (Å²) in [6.07, 6.45) is 0.421. The van der Waals surface area contributed by atoms with E-state index in [1.54, 1.807) is 14.2 Å². The van der Waals surface area contributed by atoms with E-state index in [0.717, 1.165) is 40.5 Å². The van der Waals surface area contributed by atoms with E-state index in [2.05, 4.69) is 4.90 Å². The Hall–Kier alpha value is -3.02. The van der Waals surface area contributed by atoms with Crippen LogP contribution in [-0.4, -0.2) is 51.5 Å². The highest BCUT2D eigenvalue weighted by atomic mass is 16.5. The topological polar surface area (TPSA) is 51.2 Å². The van der Waals surface area contributed by atoms with Crippen LogP contribution < -0.4 is 14.2 Å². The maximum Gasteiger partial charge on any atom is 0.119 e. The molecule has 0 spiro atoms. The minimum atomic E-state index is -1.21. The average molecular weight is 422 g/mol. The molecule has 5 heteroatoms. The van der Waals surface area contributed by atoms with Crippen LogP contribution in [0.15, 0.2) is 72.8 Å². The quantitative estimate of drug-likeness (QED) is 0.534. The minimum absolute atomic E-state index is 0.421. The number of hydrogen-bond donors (Lipinski definition) is 1. The SMILES string of the molecule is COc1ccc(CC(O)(c2ccc(OC)cc2)c2ccc(OCCN(C)C)cc2)cc1. The van der Waals surface area contributed by atoms with Crippen LogP contribution in [0.3, 0.4) is 0 Å². The summed E-state index contributed by atoms with van der Waals surface area (Å²) in [5.74, 6) is 2.32.